The van der Waals surface area contributed by atoms with Gasteiger partial charge in [-0.15, -0.1) is 0 Å². The molecule has 2 aromatic carbocycles. The van der Waals surface area contributed by atoms with Crippen LogP contribution in [0, 0.1) is 5.82 Å². The molecular formula is C20H22FN3O2. The fraction of sp³-hybridized carbons (Fsp3) is 0.350. The van der Waals surface area contributed by atoms with E-state index in [4.69, 9.17) is 9.15 Å². The largest absolute Gasteiger partial charge is 0.494 e. The smallest absolute Gasteiger partial charge is 0.209 e. The van der Waals surface area contributed by atoms with Gasteiger partial charge in [0.1, 0.15) is 5.52 Å². The minimum Gasteiger partial charge on any atom is -0.494 e. The first kappa shape index (κ1) is 17.0. The fourth-order valence-corrected chi connectivity index (χ4v) is 3.35. The number of oxazole rings is 1. The van der Waals surface area contributed by atoms with Crippen LogP contribution in [0.3, 0.4) is 0 Å². The van der Waals surface area contributed by atoms with Crippen molar-refractivity contribution in [1.29, 1.82) is 0 Å². The Morgan fingerprint density at radius 3 is 2.46 bits per heavy atom. The summed E-state index contributed by atoms with van der Waals surface area (Å²) in [5, 5.41) is 0. The summed E-state index contributed by atoms with van der Waals surface area (Å²) in [6.45, 7) is 5.23. The Labute approximate surface area is 152 Å². The summed E-state index contributed by atoms with van der Waals surface area (Å²) < 4.78 is 24.6. The van der Waals surface area contributed by atoms with Crippen molar-refractivity contribution in [2.75, 3.05) is 33.3 Å². The fourth-order valence-electron chi connectivity index (χ4n) is 3.35. The van der Waals surface area contributed by atoms with E-state index in [1.165, 1.54) is 7.11 Å². The number of fused-ring (bicyclic) bond motifs is 1. The molecule has 0 bridgehead atoms. The molecule has 0 aliphatic carbocycles. The number of ether oxygens (including phenoxy) is 1. The number of para-hydroxylation sites is 2. The average Bonchev–Trinajstić information content (AvgIpc) is 3.06. The van der Waals surface area contributed by atoms with Crippen molar-refractivity contribution < 1.29 is 13.5 Å². The maximum Gasteiger partial charge on any atom is 0.209 e. The third kappa shape index (κ3) is 3.71. The molecular weight excluding hydrogens is 333 g/mol. The van der Waals surface area contributed by atoms with E-state index in [0.717, 1.165) is 61.8 Å². The maximum absolute atomic E-state index is 13.8. The number of piperazine rings is 1. The normalized spacial score (nSPS) is 16.2. The molecule has 2 heterocycles. The zero-order valence-corrected chi connectivity index (χ0v) is 14.8. The first-order valence-electron chi connectivity index (χ1n) is 8.83. The standard InChI is InChI=1S/C20H22FN3O2/c1-25-18-7-6-15(12-16(18)21)13-23-8-10-24(11-9-23)14-20-22-17-4-2-3-5-19(17)26-20/h2-7,12H,8-11,13-14H2,1H3. The number of benzene rings is 2. The Balaban J connectivity index is 1.31. The van der Waals surface area contributed by atoms with Crippen molar-refractivity contribution in [2.24, 2.45) is 0 Å². The number of halogens is 1. The van der Waals surface area contributed by atoms with E-state index in [1.54, 1.807) is 12.1 Å². The SMILES string of the molecule is COc1ccc(CN2CCN(Cc3nc4ccccc4o3)CC2)cc1F. The van der Waals surface area contributed by atoms with Crippen LogP contribution in [-0.4, -0.2) is 48.1 Å². The van der Waals surface area contributed by atoms with E-state index >= 15 is 0 Å². The van der Waals surface area contributed by atoms with Gasteiger partial charge in [-0.25, -0.2) is 9.37 Å². The second kappa shape index (κ2) is 7.43. The molecule has 1 aliphatic rings. The van der Waals surface area contributed by atoms with E-state index in [1.807, 2.05) is 30.3 Å². The Morgan fingerprint density at radius 1 is 1.04 bits per heavy atom. The summed E-state index contributed by atoms with van der Waals surface area (Å²) in [4.78, 5) is 9.22. The number of rotatable bonds is 5. The second-order valence-corrected chi connectivity index (χ2v) is 6.60. The molecule has 5 nitrogen and oxygen atoms in total. The Hall–Kier alpha value is -2.44. The van der Waals surface area contributed by atoms with Crippen LogP contribution in [-0.2, 0) is 13.1 Å². The van der Waals surface area contributed by atoms with E-state index in [-0.39, 0.29) is 11.6 Å². The van der Waals surface area contributed by atoms with Crippen LogP contribution < -0.4 is 4.74 Å². The lowest BCUT2D eigenvalue weighted by Gasteiger charge is -2.34. The second-order valence-electron chi connectivity index (χ2n) is 6.60. The molecule has 1 aromatic heterocycles. The summed E-state index contributed by atoms with van der Waals surface area (Å²) >= 11 is 0. The van der Waals surface area contributed by atoms with Crippen LogP contribution in [0.5, 0.6) is 5.75 Å². The molecule has 0 amide bonds. The van der Waals surface area contributed by atoms with Crippen molar-refractivity contribution in [3.8, 4) is 5.75 Å². The van der Waals surface area contributed by atoms with Crippen molar-refractivity contribution in [3.63, 3.8) is 0 Å². The van der Waals surface area contributed by atoms with E-state index < -0.39 is 0 Å². The van der Waals surface area contributed by atoms with Crippen LogP contribution in [0.25, 0.3) is 11.1 Å². The van der Waals surface area contributed by atoms with Gasteiger partial charge in [0.15, 0.2) is 17.1 Å². The molecule has 0 spiro atoms. The van der Waals surface area contributed by atoms with Crippen LogP contribution in [0.2, 0.25) is 0 Å². The van der Waals surface area contributed by atoms with Crippen molar-refractivity contribution in [1.82, 2.24) is 14.8 Å². The predicted molar refractivity (Wildman–Crippen MR) is 97.5 cm³/mol. The van der Waals surface area contributed by atoms with Gasteiger partial charge in [0.2, 0.25) is 5.89 Å². The molecule has 1 fully saturated rings. The highest BCUT2D eigenvalue weighted by molar-refractivity contribution is 5.72. The summed E-state index contributed by atoms with van der Waals surface area (Å²) in [7, 11) is 1.48. The highest BCUT2D eigenvalue weighted by Gasteiger charge is 2.19. The van der Waals surface area contributed by atoms with Gasteiger partial charge in [-0.05, 0) is 29.8 Å². The molecule has 4 rings (SSSR count). The molecule has 3 aromatic rings. The molecule has 136 valence electrons. The topological polar surface area (TPSA) is 41.7 Å². The van der Waals surface area contributed by atoms with Crippen molar-refractivity contribution in [2.45, 2.75) is 13.1 Å². The molecule has 1 aliphatic heterocycles. The Morgan fingerprint density at radius 2 is 1.77 bits per heavy atom. The Bertz CT molecular complexity index is 855. The average molecular weight is 355 g/mol. The monoisotopic (exact) mass is 355 g/mol. The van der Waals surface area contributed by atoms with Gasteiger partial charge in [-0.1, -0.05) is 18.2 Å². The van der Waals surface area contributed by atoms with Crippen LogP contribution in [0.4, 0.5) is 4.39 Å². The lowest BCUT2D eigenvalue weighted by molar-refractivity contribution is 0.115. The van der Waals surface area contributed by atoms with Gasteiger partial charge < -0.3 is 9.15 Å². The number of aromatic nitrogens is 1. The summed E-state index contributed by atoms with van der Waals surface area (Å²) in [5.74, 6) is 0.744. The third-order valence-electron chi connectivity index (χ3n) is 4.78. The van der Waals surface area contributed by atoms with Crippen molar-refractivity contribution >= 4 is 11.1 Å². The number of hydrogen-bond donors (Lipinski definition) is 0. The molecule has 26 heavy (non-hydrogen) atoms. The van der Waals surface area contributed by atoms with Gasteiger partial charge >= 0.3 is 0 Å². The number of nitrogens with zero attached hydrogens (tertiary/aromatic N) is 3. The zero-order valence-electron chi connectivity index (χ0n) is 14.8. The van der Waals surface area contributed by atoms with Gasteiger partial charge in [0.25, 0.3) is 0 Å². The first-order valence-corrected chi connectivity index (χ1v) is 8.83. The van der Waals surface area contributed by atoms with Gasteiger partial charge in [-0.3, -0.25) is 9.80 Å². The van der Waals surface area contributed by atoms with Gasteiger partial charge in [-0.2, -0.15) is 0 Å². The first-order chi connectivity index (χ1) is 12.7. The zero-order chi connectivity index (χ0) is 17.9. The van der Waals surface area contributed by atoms with Crippen molar-refractivity contribution in [3.05, 3.63) is 59.7 Å². The Kier molecular flexibility index (Phi) is 4.86. The number of methoxy groups -OCH3 is 1. The highest BCUT2D eigenvalue weighted by Crippen LogP contribution is 2.20. The molecule has 6 heteroatoms. The van der Waals surface area contributed by atoms with Crippen LogP contribution in [0.1, 0.15) is 11.5 Å². The summed E-state index contributed by atoms with van der Waals surface area (Å²) in [5.41, 5.74) is 2.71. The maximum atomic E-state index is 13.8. The molecule has 0 atom stereocenters. The third-order valence-corrected chi connectivity index (χ3v) is 4.78. The van der Waals surface area contributed by atoms with Gasteiger partial charge in [0.05, 0.1) is 13.7 Å². The van der Waals surface area contributed by atoms with Crippen LogP contribution >= 0.6 is 0 Å². The van der Waals surface area contributed by atoms with E-state index in [0.29, 0.717) is 0 Å². The van der Waals surface area contributed by atoms with Crippen LogP contribution in [0.15, 0.2) is 46.9 Å². The van der Waals surface area contributed by atoms with E-state index in [9.17, 15) is 4.39 Å². The summed E-state index contributed by atoms with van der Waals surface area (Å²) in [6.07, 6.45) is 0. The lowest BCUT2D eigenvalue weighted by atomic mass is 10.2. The molecule has 0 unspecified atom stereocenters. The number of hydrogen-bond acceptors (Lipinski definition) is 5. The molecule has 1 saturated heterocycles. The highest BCUT2D eigenvalue weighted by atomic mass is 19.1. The minimum atomic E-state index is -0.306. The predicted octanol–water partition coefficient (Wildman–Crippen LogP) is 3.29. The quantitative estimate of drug-likeness (QED) is 0.702. The van der Waals surface area contributed by atoms with E-state index in [2.05, 4.69) is 14.8 Å². The molecule has 0 radical (unpaired) electrons. The summed E-state index contributed by atoms with van der Waals surface area (Å²) in [6, 6.07) is 13.0. The molecule has 0 N–H and O–H groups in total. The minimum absolute atomic E-state index is 0.289. The lowest BCUT2D eigenvalue weighted by Crippen LogP contribution is -2.45. The molecule has 0 saturated carbocycles. The van der Waals surface area contributed by atoms with Gasteiger partial charge in [0, 0.05) is 32.7 Å².